The van der Waals surface area contributed by atoms with Gasteiger partial charge in [0.2, 0.25) is 0 Å². The molecule has 0 spiro atoms. The Morgan fingerprint density at radius 2 is 1.79 bits per heavy atom. The smallest absolute Gasteiger partial charge is 0.251 e. The minimum Gasteiger partial charge on any atom is -0.348 e. The Morgan fingerprint density at radius 3 is 2.59 bits per heavy atom. The summed E-state index contributed by atoms with van der Waals surface area (Å²) in [7, 11) is 6.22. The highest BCUT2D eigenvalue weighted by molar-refractivity contribution is 5.94. The molecular formula is C32H42FN5O. The van der Waals surface area contributed by atoms with Gasteiger partial charge >= 0.3 is 0 Å². The maximum Gasteiger partial charge on any atom is 0.251 e. The van der Waals surface area contributed by atoms with Crippen molar-refractivity contribution in [3.05, 3.63) is 94.8 Å². The van der Waals surface area contributed by atoms with Gasteiger partial charge in [0, 0.05) is 69.5 Å². The molecule has 39 heavy (non-hydrogen) atoms. The highest BCUT2D eigenvalue weighted by Crippen LogP contribution is 2.26. The zero-order chi connectivity index (χ0) is 27.8. The van der Waals surface area contributed by atoms with Crippen LogP contribution in [0, 0.1) is 5.82 Å². The molecular weight excluding hydrogens is 489 g/mol. The summed E-state index contributed by atoms with van der Waals surface area (Å²) < 4.78 is 14.9. The number of carbonyl (C=O) groups excluding carboxylic acids is 1. The number of likely N-dealkylation sites (N-methyl/N-ethyl adjacent to an activating group) is 2. The lowest BCUT2D eigenvalue weighted by Crippen LogP contribution is -2.48. The van der Waals surface area contributed by atoms with E-state index in [1.54, 1.807) is 6.07 Å². The van der Waals surface area contributed by atoms with Gasteiger partial charge in [0.05, 0.1) is 0 Å². The number of hydrogen-bond acceptors (Lipinski definition) is 5. The van der Waals surface area contributed by atoms with Crippen molar-refractivity contribution >= 4 is 5.91 Å². The Morgan fingerprint density at radius 1 is 1.00 bits per heavy atom. The van der Waals surface area contributed by atoms with Crippen molar-refractivity contribution in [3.63, 3.8) is 0 Å². The zero-order valence-corrected chi connectivity index (χ0v) is 23.7. The Bertz CT molecular complexity index is 1250. The predicted molar refractivity (Wildman–Crippen MR) is 157 cm³/mol. The molecule has 1 amide bonds. The van der Waals surface area contributed by atoms with Gasteiger partial charge in [-0.2, -0.15) is 0 Å². The van der Waals surface area contributed by atoms with Crippen molar-refractivity contribution in [1.82, 2.24) is 25.3 Å². The number of amides is 1. The number of rotatable bonds is 11. The van der Waals surface area contributed by atoms with Crippen LogP contribution in [0.25, 0.3) is 11.1 Å². The van der Waals surface area contributed by atoms with E-state index in [2.05, 4.69) is 65.5 Å². The van der Waals surface area contributed by atoms with Crippen LogP contribution in [0.4, 0.5) is 4.39 Å². The van der Waals surface area contributed by atoms with Gasteiger partial charge in [-0.3, -0.25) is 9.69 Å². The van der Waals surface area contributed by atoms with Gasteiger partial charge in [-0.25, -0.2) is 4.39 Å². The molecule has 0 aromatic heterocycles. The second-order valence-electron chi connectivity index (χ2n) is 11.0. The Balaban J connectivity index is 1.38. The zero-order valence-electron chi connectivity index (χ0n) is 23.7. The molecule has 1 fully saturated rings. The lowest BCUT2D eigenvalue weighted by atomic mass is 10.00. The van der Waals surface area contributed by atoms with Crippen LogP contribution >= 0.6 is 0 Å². The Labute approximate surface area is 232 Å². The number of carbonyl (C=O) groups is 1. The second-order valence-corrected chi connectivity index (χ2v) is 11.0. The highest BCUT2D eigenvalue weighted by Gasteiger charge is 2.16. The van der Waals surface area contributed by atoms with Crippen LogP contribution in [0.1, 0.15) is 34.0 Å². The quantitative estimate of drug-likeness (QED) is 0.388. The lowest BCUT2D eigenvalue weighted by Gasteiger charge is -2.31. The van der Waals surface area contributed by atoms with Gasteiger partial charge in [-0.05, 0) is 80.7 Å². The van der Waals surface area contributed by atoms with Crippen LogP contribution in [-0.4, -0.2) is 80.5 Å². The monoisotopic (exact) mass is 531 g/mol. The van der Waals surface area contributed by atoms with Gasteiger partial charge in [-0.1, -0.05) is 36.4 Å². The Kier molecular flexibility index (Phi) is 10.2. The standard InChI is InChI=1S/C32H42FN5O/c1-24-21-38(14-13-34-24)23-27-8-5-9-28(17-27)30-19-25(11-12-31(30)33)20-35-32(39)29-10-6-7-26(18-29)22-37(4)16-15-36(2)3/h5-12,17-19,24,34H,13-16,20-23H2,1-4H3,(H,35,39)/t24-/m0/s1. The number of piperazine rings is 1. The number of benzene rings is 3. The van der Waals surface area contributed by atoms with E-state index < -0.39 is 0 Å². The maximum absolute atomic E-state index is 14.9. The summed E-state index contributed by atoms with van der Waals surface area (Å²) in [5, 5.41) is 6.48. The van der Waals surface area contributed by atoms with Crippen molar-refractivity contribution < 1.29 is 9.18 Å². The van der Waals surface area contributed by atoms with Crippen LogP contribution in [0.15, 0.2) is 66.7 Å². The van der Waals surface area contributed by atoms with Gasteiger partial charge in [0.1, 0.15) is 5.82 Å². The third-order valence-corrected chi connectivity index (χ3v) is 7.15. The molecule has 4 rings (SSSR count). The minimum atomic E-state index is -0.260. The van der Waals surface area contributed by atoms with Crippen molar-refractivity contribution in [2.24, 2.45) is 0 Å². The number of halogens is 1. The molecule has 6 nitrogen and oxygen atoms in total. The van der Waals surface area contributed by atoms with E-state index in [-0.39, 0.29) is 11.7 Å². The van der Waals surface area contributed by atoms with Gasteiger partial charge in [0.15, 0.2) is 0 Å². The average Bonchev–Trinajstić information content (AvgIpc) is 2.91. The van der Waals surface area contributed by atoms with Crippen LogP contribution in [0.3, 0.4) is 0 Å². The molecule has 208 valence electrons. The summed E-state index contributed by atoms with van der Waals surface area (Å²) in [5.41, 5.74) is 5.17. The normalized spacial score (nSPS) is 16.1. The molecule has 1 atom stereocenters. The third-order valence-electron chi connectivity index (χ3n) is 7.15. The van der Waals surface area contributed by atoms with Crippen LogP contribution in [0.2, 0.25) is 0 Å². The summed E-state index contributed by atoms with van der Waals surface area (Å²) in [6, 6.07) is 21.4. The van der Waals surface area contributed by atoms with E-state index in [1.165, 1.54) is 11.6 Å². The molecule has 0 saturated carbocycles. The Hall–Kier alpha value is -3.10. The lowest BCUT2D eigenvalue weighted by molar-refractivity contribution is 0.0950. The number of nitrogens with one attached hydrogen (secondary N) is 2. The van der Waals surface area contributed by atoms with Crippen LogP contribution in [0.5, 0.6) is 0 Å². The van der Waals surface area contributed by atoms with Gasteiger partial charge < -0.3 is 20.4 Å². The van der Waals surface area contributed by atoms with E-state index in [0.29, 0.717) is 23.7 Å². The minimum absolute atomic E-state index is 0.133. The molecule has 0 aliphatic carbocycles. The molecule has 0 bridgehead atoms. The van der Waals surface area contributed by atoms with E-state index >= 15 is 0 Å². The summed E-state index contributed by atoms with van der Waals surface area (Å²) in [4.78, 5) is 19.8. The first-order valence-corrected chi connectivity index (χ1v) is 13.8. The number of hydrogen-bond donors (Lipinski definition) is 2. The molecule has 1 aliphatic rings. The highest BCUT2D eigenvalue weighted by atomic mass is 19.1. The van der Waals surface area contributed by atoms with E-state index in [4.69, 9.17) is 0 Å². The summed E-state index contributed by atoms with van der Waals surface area (Å²) in [6.07, 6.45) is 0. The van der Waals surface area contributed by atoms with E-state index in [1.807, 2.05) is 42.5 Å². The first-order chi connectivity index (χ1) is 18.8. The molecule has 1 saturated heterocycles. The predicted octanol–water partition coefficient (Wildman–Crippen LogP) is 4.21. The molecule has 0 unspecified atom stereocenters. The second kappa shape index (κ2) is 13.8. The largest absolute Gasteiger partial charge is 0.348 e. The van der Waals surface area contributed by atoms with Gasteiger partial charge in [-0.15, -0.1) is 0 Å². The molecule has 3 aromatic carbocycles. The SMILES string of the molecule is C[C@H]1CN(Cc2cccc(-c3cc(CNC(=O)c4cccc(CN(C)CCN(C)C)c4)ccc3F)c2)CCN1. The average molecular weight is 532 g/mol. The molecule has 3 aromatic rings. The molecule has 0 radical (unpaired) electrons. The fraction of sp³-hybridized carbons (Fsp3) is 0.406. The first kappa shape index (κ1) is 28.9. The van der Waals surface area contributed by atoms with Crippen LogP contribution < -0.4 is 10.6 Å². The topological polar surface area (TPSA) is 50.9 Å². The maximum atomic E-state index is 14.9. The number of nitrogens with zero attached hydrogens (tertiary/aromatic N) is 3. The van der Waals surface area contributed by atoms with Gasteiger partial charge in [0.25, 0.3) is 5.91 Å². The van der Waals surface area contributed by atoms with E-state index in [0.717, 1.165) is 62.5 Å². The van der Waals surface area contributed by atoms with E-state index in [9.17, 15) is 9.18 Å². The fourth-order valence-corrected chi connectivity index (χ4v) is 5.01. The van der Waals surface area contributed by atoms with Crippen LogP contribution in [-0.2, 0) is 19.6 Å². The van der Waals surface area contributed by atoms with Crippen molar-refractivity contribution in [2.45, 2.75) is 32.6 Å². The third kappa shape index (κ3) is 8.70. The summed E-state index contributed by atoms with van der Waals surface area (Å²) in [6.45, 7) is 9.09. The van der Waals surface area contributed by atoms with Crippen molar-refractivity contribution in [2.75, 3.05) is 53.9 Å². The first-order valence-electron chi connectivity index (χ1n) is 13.8. The summed E-state index contributed by atoms with van der Waals surface area (Å²) in [5.74, 6) is -0.393. The van der Waals surface area contributed by atoms with Crippen molar-refractivity contribution in [3.8, 4) is 11.1 Å². The summed E-state index contributed by atoms with van der Waals surface area (Å²) >= 11 is 0. The van der Waals surface area contributed by atoms with Crippen molar-refractivity contribution in [1.29, 1.82) is 0 Å². The molecule has 1 heterocycles. The molecule has 1 aliphatic heterocycles. The molecule has 7 heteroatoms. The molecule has 2 N–H and O–H groups in total. The fourth-order valence-electron chi connectivity index (χ4n) is 5.01.